The summed E-state index contributed by atoms with van der Waals surface area (Å²) in [6.07, 6.45) is 0. The highest BCUT2D eigenvalue weighted by Gasteiger charge is 2.30. The molecule has 0 bridgehead atoms. The molecule has 0 saturated carbocycles. The van der Waals surface area contributed by atoms with Crippen molar-refractivity contribution in [3.05, 3.63) is 113 Å². The Morgan fingerprint density at radius 2 is 1.35 bits per heavy atom. The van der Waals surface area contributed by atoms with E-state index in [1.807, 2.05) is 18.2 Å². The lowest BCUT2D eigenvalue weighted by Gasteiger charge is -2.12. The van der Waals surface area contributed by atoms with Gasteiger partial charge >= 0.3 is 5.97 Å². The van der Waals surface area contributed by atoms with Gasteiger partial charge in [-0.3, -0.25) is 0 Å². The first-order valence-corrected chi connectivity index (χ1v) is 11.6. The Kier molecular flexibility index (Phi) is 6.43. The highest BCUT2D eigenvalue weighted by Crippen LogP contribution is 2.42. The Balaban J connectivity index is 1.65. The Morgan fingerprint density at radius 1 is 0.757 bits per heavy atom. The molecule has 37 heavy (non-hydrogen) atoms. The number of aromatic nitrogens is 2. The molecular weight excluding hydrogens is 511 g/mol. The molecule has 186 valence electrons. The zero-order valence-corrected chi connectivity index (χ0v) is 19.8. The average molecular weight is 526 g/mol. The van der Waals surface area contributed by atoms with Crippen LogP contribution >= 0.6 is 11.8 Å². The minimum absolute atomic E-state index is 0.0966. The number of ether oxygens (including phenoxy) is 1. The summed E-state index contributed by atoms with van der Waals surface area (Å²) in [6, 6.07) is 20.6. The minimum atomic E-state index is -2.27. The monoisotopic (exact) mass is 526 g/mol. The quantitative estimate of drug-likeness (QED) is 0.104. The second-order valence-corrected chi connectivity index (χ2v) is 8.90. The number of nitrogens with zero attached hydrogens (tertiary/aromatic N) is 2. The third-order valence-electron chi connectivity index (χ3n) is 5.54. The molecule has 0 aliphatic rings. The van der Waals surface area contributed by atoms with Gasteiger partial charge in [0.1, 0.15) is 0 Å². The van der Waals surface area contributed by atoms with Crippen molar-refractivity contribution < 1.29 is 31.5 Å². The lowest BCUT2D eigenvalue weighted by atomic mass is 10.1. The van der Waals surface area contributed by atoms with E-state index in [-0.39, 0.29) is 33.8 Å². The molecule has 0 N–H and O–H groups in total. The van der Waals surface area contributed by atoms with Crippen LogP contribution in [0.3, 0.4) is 0 Å². The number of fused-ring (bicyclic) bond motifs is 1. The third-order valence-corrected chi connectivity index (χ3v) is 6.78. The van der Waals surface area contributed by atoms with Crippen LogP contribution in [0, 0.1) is 36.0 Å². The lowest BCUT2D eigenvalue weighted by Crippen LogP contribution is -2.13. The molecule has 0 spiro atoms. The molecule has 0 atom stereocenters. The van der Waals surface area contributed by atoms with Gasteiger partial charge in [0, 0.05) is 0 Å². The summed E-state index contributed by atoms with van der Waals surface area (Å²) in [4.78, 5) is 12.1. The summed E-state index contributed by atoms with van der Waals surface area (Å²) in [5, 5.41) is 5.70. The molecule has 0 aliphatic carbocycles. The molecule has 0 unspecified atom stereocenters. The number of carbonyl (C=O) groups excluding carboxylic acids is 1. The molecule has 5 aromatic rings. The first-order chi connectivity index (χ1) is 17.8. The molecule has 10 heteroatoms. The van der Waals surface area contributed by atoms with E-state index in [0.717, 1.165) is 5.39 Å². The maximum atomic E-state index is 14.5. The van der Waals surface area contributed by atoms with Crippen LogP contribution < -0.4 is 4.74 Å². The van der Waals surface area contributed by atoms with Gasteiger partial charge < -0.3 is 4.74 Å². The molecular formula is C27H15F5N2O2S. The molecule has 0 radical (unpaired) electrons. The van der Waals surface area contributed by atoms with E-state index in [4.69, 9.17) is 4.74 Å². The predicted molar refractivity (Wildman–Crippen MR) is 128 cm³/mol. The Labute approximate surface area is 211 Å². The number of rotatable bonds is 5. The Morgan fingerprint density at radius 3 is 2.05 bits per heavy atom. The number of aryl methyl sites for hydroxylation is 1. The second-order valence-electron chi connectivity index (χ2n) is 7.88. The van der Waals surface area contributed by atoms with E-state index in [1.54, 1.807) is 54.6 Å². The molecule has 0 amide bonds. The van der Waals surface area contributed by atoms with Gasteiger partial charge in [-0.05, 0) is 35.9 Å². The summed E-state index contributed by atoms with van der Waals surface area (Å²) in [6.45, 7) is 1.46. The largest absolute Gasteiger partial charge is 0.402 e. The standard InChI is InChI=1S/C27H15F5N2O2S/c1-14-24(37-25-22(31)20(29)19(28)21(30)23(25)32)26(34(33-14)16-10-3-2-4-11-16)36-27(35)18-13-7-9-15-8-5-6-12-17(15)18/h2-13H,1H3. The normalized spacial score (nSPS) is 11.2. The summed E-state index contributed by atoms with van der Waals surface area (Å²) in [5.74, 6) is -11.5. The van der Waals surface area contributed by atoms with Crippen LogP contribution in [0.1, 0.15) is 16.1 Å². The van der Waals surface area contributed by atoms with Crippen LogP contribution in [-0.2, 0) is 0 Å². The maximum Gasteiger partial charge on any atom is 0.345 e. The molecule has 1 aromatic heterocycles. The minimum Gasteiger partial charge on any atom is -0.402 e. The van der Waals surface area contributed by atoms with E-state index < -0.39 is 40.0 Å². The Hall–Kier alpha value is -4.18. The van der Waals surface area contributed by atoms with E-state index in [0.29, 0.717) is 11.1 Å². The summed E-state index contributed by atoms with van der Waals surface area (Å²) in [7, 11) is 0. The van der Waals surface area contributed by atoms with Crippen LogP contribution in [-0.4, -0.2) is 15.7 Å². The van der Waals surface area contributed by atoms with Crippen molar-refractivity contribution in [2.75, 3.05) is 0 Å². The van der Waals surface area contributed by atoms with E-state index in [1.165, 1.54) is 11.6 Å². The molecule has 0 aliphatic heterocycles. The highest BCUT2D eigenvalue weighted by atomic mass is 32.2. The summed E-state index contributed by atoms with van der Waals surface area (Å²) < 4.78 is 77.3. The predicted octanol–water partition coefficient (Wildman–Crippen LogP) is 7.40. The van der Waals surface area contributed by atoms with Gasteiger partial charge in [-0.1, -0.05) is 66.4 Å². The van der Waals surface area contributed by atoms with E-state index >= 15 is 0 Å². The van der Waals surface area contributed by atoms with E-state index in [9.17, 15) is 26.7 Å². The Bertz CT molecular complexity index is 1640. The van der Waals surface area contributed by atoms with Crippen LogP contribution in [0.4, 0.5) is 22.0 Å². The average Bonchev–Trinajstić information content (AvgIpc) is 3.23. The SMILES string of the molecule is Cc1nn(-c2ccccc2)c(OC(=O)c2cccc3ccccc23)c1Sc1c(F)c(F)c(F)c(F)c1F. The number of halogens is 5. The fraction of sp³-hybridized carbons (Fsp3) is 0.0370. The van der Waals surface area contributed by atoms with Crippen LogP contribution in [0.15, 0.2) is 82.6 Å². The molecule has 0 saturated heterocycles. The molecule has 4 nitrogen and oxygen atoms in total. The van der Waals surface area contributed by atoms with Gasteiger partial charge in [0.25, 0.3) is 0 Å². The smallest absolute Gasteiger partial charge is 0.345 e. The van der Waals surface area contributed by atoms with Gasteiger partial charge in [0.15, 0.2) is 23.3 Å². The molecule has 4 aromatic carbocycles. The van der Waals surface area contributed by atoms with Crippen molar-refractivity contribution in [2.45, 2.75) is 16.7 Å². The number of para-hydroxylation sites is 1. The van der Waals surface area contributed by atoms with Crippen molar-refractivity contribution in [2.24, 2.45) is 0 Å². The number of hydrogen-bond acceptors (Lipinski definition) is 4. The van der Waals surface area contributed by atoms with Crippen molar-refractivity contribution in [3.63, 3.8) is 0 Å². The van der Waals surface area contributed by atoms with Crippen molar-refractivity contribution in [3.8, 4) is 11.6 Å². The number of carbonyl (C=O) groups is 1. The van der Waals surface area contributed by atoms with Crippen molar-refractivity contribution in [1.29, 1.82) is 0 Å². The lowest BCUT2D eigenvalue weighted by molar-refractivity contribution is 0.0720. The van der Waals surface area contributed by atoms with Crippen LogP contribution in [0.2, 0.25) is 0 Å². The highest BCUT2D eigenvalue weighted by molar-refractivity contribution is 7.99. The van der Waals surface area contributed by atoms with Crippen molar-refractivity contribution >= 4 is 28.5 Å². The zero-order chi connectivity index (χ0) is 26.3. The first-order valence-electron chi connectivity index (χ1n) is 10.8. The van der Waals surface area contributed by atoms with Crippen molar-refractivity contribution in [1.82, 2.24) is 9.78 Å². The van der Waals surface area contributed by atoms with Crippen LogP contribution in [0.5, 0.6) is 5.88 Å². The summed E-state index contributed by atoms with van der Waals surface area (Å²) in [5.41, 5.74) is 0.790. The maximum absolute atomic E-state index is 14.5. The molecule has 5 rings (SSSR count). The topological polar surface area (TPSA) is 44.1 Å². The fourth-order valence-electron chi connectivity index (χ4n) is 3.77. The third kappa shape index (κ3) is 4.33. The number of benzene rings is 4. The van der Waals surface area contributed by atoms with Gasteiger partial charge in [0.05, 0.1) is 26.7 Å². The van der Waals surface area contributed by atoms with Crippen LogP contribution in [0.25, 0.3) is 16.5 Å². The number of hydrogen-bond donors (Lipinski definition) is 0. The fourth-order valence-corrected chi connectivity index (χ4v) is 4.73. The number of esters is 1. The second kappa shape index (κ2) is 9.70. The molecule has 0 fully saturated rings. The van der Waals surface area contributed by atoms with Gasteiger partial charge in [-0.25, -0.2) is 26.7 Å². The molecule has 1 heterocycles. The van der Waals surface area contributed by atoms with Gasteiger partial charge in [-0.2, -0.15) is 9.78 Å². The summed E-state index contributed by atoms with van der Waals surface area (Å²) >= 11 is 0.230. The van der Waals surface area contributed by atoms with Gasteiger partial charge in [-0.15, -0.1) is 0 Å². The van der Waals surface area contributed by atoms with Gasteiger partial charge in [0.2, 0.25) is 11.7 Å². The van der Waals surface area contributed by atoms with E-state index in [2.05, 4.69) is 5.10 Å². The first kappa shape index (κ1) is 24.5. The zero-order valence-electron chi connectivity index (χ0n) is 18.9.